The van der Waals surface area contributed by atoms with Crippen LogP contribution in [0.15, 0.2) is 18.2 Å². The number of nitrogens with one attached hydrogen (secondary N) is 1. The first kappa shape index (κ1) is 12.0. The van der Waals surface area contributed by atoms with Crippen LogP contribution in [-0.4, -0.2) is 22.0 Å². The SMILES string of the molecule is Cc1ccc([N+](=O)[O-])c(NC(C)C(=O)O)c1. The van der Waals surface area contributed by atoms with Crippen molar-refractivity contribution in [2.45, 2.75) is 19.9 Å². The van der Waals surface area contributed by atoms with E-state index in [0.717, 1.165) is 5.56 Å². The average molecular weight is 224 g/mol. The van der Waals surface area contributed by atoms with Crippen molar-refractivity contribution in [1.29, 1.82) is 0 Å². The highest BCUT2D eigenvalue weighted by Crippen LogP contribution is 2.25. The minimum absolute atomic E-state index is 0.126. The average Bonchev–Trinajstić information content (AvgIpc) is 2.16. The summed E-state index contributed by atoms with van der Waals surface area (Å²) in [7, 11) is 0. The summed E-state index contributed by atoms with van der Waals surface area (Å²) >= 11 is 0. The van der Waals surface area contributed by atoms with Gasteiger partial charge in [0, 0.05) is 6.07 Å². The minimum Gasteiger partial charge on any atom is -0.480 e. The first-order chi connectivity index (χ1) is 7.41. The zero-order chi connectivity index (χ0) is 12.3. The number of rotatable bonds is 4. The Labute approximate surface area is 92.0 Å². The number of carboxylic acid groups (broad SMARTS) is 1. The highest BCUT2D eigenvalue weighted by Gasteiger charge is 2.18. The van der Waals surface area contributed by atoms with Gasteiger partial charge in [0.05, 0.1) is 4.92 Å². The molecule has 16 heavy (non-hydrogen) atoms. The zero-order valence-corrected chi connectivity index (χ0v) is 8.93. The van der Waals surface area contributed by atoms with Crippen LogP contribution in [0.25, 0.3) is 0 Å². The molecule has 6 heteroatoms. The molecular formula is C10H12N2O4. The second-order valence-electron chi connectivity index (χ2n) is 3.48. The van der Waals surface area contributed by atoms with Crippen LogP contribution in [0.3, 0.4) is 0 Å². The first-order valence-electron chi connectivity index (χ1n) is 4.66. The summed E-state index contributed by atoms with van der Waals surface area (Å²) in [5.74, 6) is -1.06. The molecule has 0 radical (unpaired) electrons. The summed E-state index contributed by atoms with van der Waals surface area (Å²) in [6, 6.07) is 3.64. The van der Waals surface area contributed by atoms with Gasteiger partial charge >= 0.3 is 5.97 Å². The van der Waals surface area contributed by atoms with E-state index in [9.17, 15) is 14.9 Å². The third kappa shape index (κ3) is 2.69. The Morgan fingerprint density at radius 2 is 2.19 bits per heavy atom. The topological polar surface area (TPSA) is 92.5 Å². The summed E-state index contributed by atoms with van der Waals surface area (Å²) in [6.45, 7) is 3.20. The number of nitro benzene ring substituents is 1. The Morgan fingerprint density at radius 1 is 1.56 bits per heavy atom. The van der Waals surface area contributed by atoms with Crippen LogP contribution in [0.4, 0.5) is 11.4 Å². The lowest BCUT2D eigenvalue weighted by Gasteiger charge is -2.11. The number of carbonyl (C=O) groups is 1. The molecule has 1 aromatic rings. The molecule has 1 unspecified atom stereocenters. The highest BCUT2D eigenvalue weighted by molar-refractivity contribution is 5.78. The van der Waals surface area contributed by atoms with Crippen LogP contribution >= 0.6 is 0 Å². The number of nitrogens with zero attached hydrogens (tertiary/aromatic N) is 1. The largest absolute Gasteiger partial charge is 0.480 e. The van der Waals surface area contributed by atoms with Crippen LogP contribution < -0.4 is 5.32 Å². The number of anilines is 1. The number of hydrogen-bond donors (Lipinski definition) is 2. The molecule has 0 saturated carbocycles. The Hall–Kier alpha value is -2.11. The fourth-order valence-corrected chi connectivity index (χ4v) is 1.22. The van der Waals surface area contributed by atoms with E-state index >= 15 is 0 Å². The normalized spacial score (nSPS) is 11.9. The van der Waals surface area contributed by atoms with Gasteiger partial charge in [0.1, 0.15) is 11.7 Å². The molecule has 0 heterocycles. The molecule has 1 aromatic carbocycles. The second-order valence-corrected chi connectivity index (χ2v) is 3.48. The molecule has 0 aliphatic heterocycles. The Morgan fingerprint density at radius 3 is 2.69 bits per heavy atom. The van der Waals surface area contributed by atoms with Crippen molar-refractivity contribution in [3.63, 3.8) is 0 Å². The van der Waals surface area contributed by atoms with E-state index in [1.807, 2.05) is 0 Å². The van der Waals surface area contributed by atoms with Crippen molar-refractivity contribution >= 4 is 17.3 Å². The quantitative estimate of drug-likeness (QED) is 0.600. The molecule has 0 fully saturated rings. The van der Waals surface area contributed by atoms with Crippen LogP contribution in [0.1, 0.15) is 12.5 Å². The second kappa shape index (κ2) is 4.61. The van der Waals surface area contributed by atoms with E-state index < -0.39 is 16.9 Å². The van der Waals surface area contributed by atoms with Gasteiger partial charge in [0.15, 0.2) is 0 Å². The maximum Gasteiger partial charge on any atom is 0.325 e. The third-order valence-electron chi connectivity index (χ3n) is 2.09. The van der Waals surface area contributed by atoms with Gasteiger partial charge in [-0.15, -0.1) is 0 Å². The number of hydrogen-bond acceptors (Lipinski definition) is 4. The summed E-state index contributed by atoms with van der Waals surface area (Å²) in [5.41, 5.74) is 0.921. The van der Waals surface area contributed by atoms with Gasteiger partial charge < -0.3 is 10.4 Å². The first-order valence-corrected chi connectivity index (χ1v) is 4.66. The summed E-state index contributed by atoms with van der Waals surface area (Å²) in [4.78, 5) is 20.8. The zero-order valence-electron chi connectivity index (χ0n) is 8.93. The van der Waals surface area contributed by atoms with Gasteiger partial charge in [-0.25, -0.2) is 0 Å². The van der Waals surface area contributed by atoms with Crippen LogP contribution in [-0.2, 0) is 4.79 Å². The number of carboxylic acids is 1. The molecule has 2 N–H and O–H groups in total. The number of aliphatic carboxylic acids is 1. The Kier molecular flexibility index (Phi) is 3.44. The van der Waals surface area contributed by atoms with Crippen molar-refractivity contribution in [2.24, 2.45) is 0 Å². The van der Waals surface area contributed by atoms with Gasteiger partial charge in [-0.3, -0.25) is 14.9 Å². The summed E-state index contributed by atoms with van der Waals surface area (Å²) in [6.07, 6.45) is 0. The van der Waals surface area contributed by atoms with Crippen molar-refractivity contribution in [3.05, 3.63) is 33.9 Å². The lowest BCUT2D eigenvalue weighted by molar-refractivity contribution is -0.384. The molecule has 6 nitrogen and oxygen atoms in total. The number of nitro groups is 1. The molecule has 0 aliphatic rings. The fraction of sp³-hybridized carbons (Fsp3) is 0.300. The van der Waals surface area contributed by atoms with Crippen molar-refractivity contribution in [1.82, 2.24) is 0 Å². The van der Waals surface area contributed by atoms with E-state index in [-0.39, 0.29) is 11.4 Å². The molecule has 0 bridgehead atoms. The van der Waals surface area contributed by atoms with E-state index in [2.05, 4.69) is 5.32 Å². The van der Waals surface area contributed by atoms with Gasteiger partial charge in [-0.1, -0.05) is 6.07 Å². The summed E-state index contributed by atoms with van der Waals surface area (Å²) < 4.78 is 0. The summed E-state index contributed by atoms with van der Waals surface area (Å²) in [5, 5.41) is 22.0. The molecule has 86 valence electrons. The number of benzene rings is 1. The third-order valence-corrected chi connectivity index (χ3v) is 2.09. The number of aryl methyl sites for hydroxylation is 1. The van der Waals surface area contributed by atoms with Crippen molar-refractivity contribution < 1.29 is 14.8 Å². The van der Waals surface area contributed by atoms with Crippen LogP contribution in [0.5, 0.6) is 0 Å². The van der Waals surface area contributed by atoms with Crippen molar-refractivity contribution in [3.8, 4) is 0 Å². The molecular weight excluding hydrogens is 212 g/mol. The predicted molar refractivity (Wildman–Crippen MR) is 58.6 cm³/mol. The molecule has 1 atom stereocenters. The molecule has 0 aromatic heterocycles. The van der Waals surface area contributed by atoms with E-state index in [0.29, 0.717) is 0 Å². The van der Waals surface area contributed by atoms with E-state index in [1.165, 1.54) is 13.0 Å². The lowest BCUT2D eigenvalue weighted by atomic mass is 10.2. The van der Waals surface area contributed by atoms with Crippen LogP contribution in [0, 0.1) is 17.0 Å². The molecule has 0 aliphatic carbocycles. The van der Waals surface area contributed by atoms with E-state index in [4.69, 9.17) is 5.11 Å². The lowest BCUT2D eigenvalue weighted by Crippen LogP contribution is -2.25. The molecule has 1 rings (SSSR count). The van der Waals surface area contributed by atoms with Gasteiger partial charge in [0.25, 0.3) is 5.69 Å². The maximum atomic E-state index is 10.7. The van der Waals surface area contributed by atoms with Crippen molar-refractivity contribution in [2.75, 3.05) is 5.32 Å². The monoisotopic (exact) mass is 224 g/mol. The Balaban J connectivity index is 3.05. The predicted octanol–water partition coefficient (Wildman–Crippen LogP) is 1.79. The standard InChI is InChI=1S/C10H12N2O4/c1-6-3-4-9(12(15)16)8(5-6)11-7(2)10(13)14/h3-5,7,11H,1-2H3,(H,13,14). The smallest absolute Gasteiger partial charge is 0.325 e. The fourth-order valence-electron chi connectivity index (χ4n) is 1.22. The van der Waals surface area contributed by atoms with Crippen LogP contribution in [0.2, 0.25) is 0 Å². The van der Waals surface area contributed by atoms with Gasteiger partial charge in [-0.2, -0.15) is 0 Å². The highest BCUT2D eigenvalue weighted by atomic mass is 16.6. The minimum atomic E-state index is -1.06. The Bertz CT molecular complexity index is 431. The molecule has 0 saturated heterocycles. The molecule has 0 spiro atoms. The van der Waals surface area contributed by atoms with Gasteiger partial charge in [0.2, 0.25) is 0 Å². The maximum absolute atomic E-state index is 10.7. The van der Waals surface area contributed by atoms with Gasteiger partial charge in [-0.05, 0) is 25.5 Å². The molecule has 0 amide bonds. The van der Waals surface area contributed by atoms with E-state index in [1.54, 1.807) is 19.1 Å².